The molecule has 3 rings (SSSR count). The number of Topliss-reactive ketones (excluding diaryl/α,β-unsaturated/α-hetero) is 1. The highest BCUT2D eigenvalue weighted by atomic mass is 32.2. The molecule has 2 aliphatic carbocycles. The summed E-state index contributed by atoms with van der Waals surface area (Å²) in [5.74, 6) is -0.716. The molecule has 2 fully saturated rings. The average Bonchev–Trinajstić information content (AvgIpc) is 3.51. The molecule has 1 heterocycles. The summed E-state index contributed by atoms with van der Waals surface area (Å²) in [6.07, 6.45) is 4.06. The van der Waals surface area contributed by atoms with Gasteiger partial charge in [0.05, 0.1) is 23.6 Å². The quantitative estimate of drug-likeness (QED) is 0.543. The predicted molar refractivity (Wildman–Crippen MR) is 92.2 cm³/mol. The minimum absolute atomic E-state index is 0.0655. The SMILES string of the molecule is CCC(NC(=O)C(N)CS(=O)(=O)CC1CC1)C(=O)c1nc(C2CC2)no1. The lowest BCUT2D eigenvalue weighted by molar-refractivity contribution is -0.122. The van der Waals surface area contributed by atoms with Crippen LogP contribution in [0.15, 0.2) is 4.52 Å². The molecule has 0 aliphatic heterocycles. The fourth-order valence-corrected chi connectivity index (χ4v) is 4.57. The Morgan fingerprint density at radius 1 is 1.31 bits per heavy atom. The van der Waals surface area contributed by atoms with E-state index < -0.39 is 39.4 Å². The van der Waals surface area contributed by atoms with E-state index in [4.69, 9.17) is 10.3 Å². The molecule has 3 N–H and O–H groups in total. The summed E-state index contributed by atoms with van der Waals surface area (Å²) in [7, 11) is -3.39. The minimum Gasteiger partial charge on any atom is -0.344 e. The maximum absolute atomic E-state index is 12.5. The van der Waals surface area contributed by atoms with E-state index >= 15 is 0 Å². The van der Waals surface area contributed by atoms with Crippen LogP contribution in [-0.2, 0) is 14.6 Å². The van der Waals surface area contributed by atoms with Gasteiger partial charge in [-0.2, -0.15) is 4.98 Å². The van der Waals surface area contributed by atoms with E-state index in [0.717, 1.165) is 25.7 Å². The first-order valence-electron chi connectivity index (χ1n) is 8.93. The van der Waals surface area contributed by atoms with Gasteiger partial charge < -0.3 is 15.6 Å². The van der Waals surface area contributed by atoms with E-state index in [-0.39, 0.29) is 23.5 Å². The van der Waals surface area contributed by atoms with Crippen molar-refractivity contribution in [1.82, 2.24) is 15.5 Å². The Bertz CT molecular complexity index is 782. The molecule has 10 heteroatoms. The Kier molecular flexibility index (Phi) is 5.42. The topological polar surface area (TPSA) is 145 Å². The lowest BCUT2D eigenvalue weighted by Gasteiger charge is -2.17. The third kappa shape index (κ3) is 4.88. The number of nitrogens with zero attached hydrogens (tertiary/aromatic N) is 2. The number of carbonyl (C=O) groups is 2. The number of aromatic nitrogens is 2. The van der Waals surface area contributed by atoms with Crippen LogP contribution in [0.2, 0.25) is 0 Å². The van der Waals surface area contributed by atoms with E-state index in [2.05, 4.69) is 15.5 Å². The molecule has 0 radical (unpaired) electrons. The van der Waals surface area contributed by atoms with Gasteiger partial charge in [-0.1, -0.05) is 12.1 Å². The second-order valence-electron chi connectivity index (χ2n) is 7.19. The highest BCUT2D eigenvalue weighted by molar-refractivity contribution is 7.91. The number of hydrogen-bond acceptors (Lipinski definition) is 8. The molecule has 1 amide bonds. The number of carbonyl (C=O) groups excluding carboxylic acids is 2. The van der Waals surface area contributed by atoms with Crippen molar-refractivity contribution >= 4 is 21.5 Å². The number of rotatable bonds is 10. The molecule has 1 aromatic rings. The van der Waals surface area contributed by atoms with Crippen molar-refractivity contribution in [2.75, 3.05) is 11.5 Å². The average molecular weight is 384 g/mol. The van der Waals surface area contributed by atoms with Gasteiger partial charge in [0.15, 0.2) is 15.7 Å². The fourth-order valence-electron chi connectivity index (χ4n) is 2.68. The Balaban J connectivity index is 1.56. The predicted octanol–water partition coefficient (Wildman–Crippen LogP) is 0.177. The van der Waals surface area contributed by atoms with Crippen molar-refractivity contribution in [2.45, 2.75) is 57.0 Å². The first-order valence-corrected chi connectivity index (χ1v) is 10.8. The normalized spacial score (nSPS) is 19.8. The van der Waals surface area contributed by atoms with E-state index in [1.807, 2.05) is 0 Å². The number of ketones is 1. The van der Waals surface area contributed by atoms with Crippen LogP contribution in [0.25, 0.3) is 0 Å². The zero-order valence-corrected chi connectivity index (χ0v) is 15.5. The van der Waals surface area contributed by atoms with Crippen molar-refractivity contribution in [1.29, 1.82) is 0 Å². The first kappa shape index (κ1) is 19.0. The van der Waals surface area contributed by atoms with E-state index in [0.29, 0.717) is 12.2 Å². The van der Waals surface area contributed by atoms with Gasteiger partial charge >= 0.3 is 0 Å². The second-order valence-corrected chi connectivity index (χ2v) is 9.35. The van der Waals surface area contributed by atoms with Crippen LogP contribution in [0, 0.1) is 5.92 Å². The third-order valence-corrected chi connectivity index (χ3v) is 6.44. The molecule has 0 spiro atoms. The molecule has 0 aromatic carbocycles. The summed E-state index contributed by atoms with van der Waals surface area (Å²) in [4.78, 5) is 28.8. The van der Waals surface area contributed by atoms with Gasteiger partial charge in [-0.25, -0.2) is 8.42 Å². The molecule has 2 atom stereocenters. The van der Waals surface area contributed by atoms with E-state index in [1.165, 1.54) is 0 Å². The zero-order valence-electron chi connectivity index (χ0n) is 14.7. The molecule has 2 aliphatic rings. The van der Waals surface area contributed by atoms with Gasteiger partial charge in [0.2, 0.25) is 11.7 Å². The molecule has 0 saturated heterocycles. The molecular weight excluding hydrogens is 360 g/mol. The molecule has 2 unspecified atom stereocenters. The summed E-state index contributed by atoms with van der Waals surface area (Å²) in [5, 5.41) is 6.29. The Labute approximate surface area is 152 Å². The Morgan fingerprint density at radius 2 is 2.00 bits per heavy atom. The maximum Gasteiger partial charge on any atom is 0.296 e. The maximum atomic E-state index is 12.5. The molecule has 1 aromatic heterocycles. The third-order valence-electron chi connectivity index (χ3n) is 4.59. The second kappa shape index (κ2) is 7.43. The number of hydrogen-bond donors (Lipinski definition) is 2. The molecule has 26 heavy (non-hydrogen) atoms. The lowest BCUT2D eigenvalue weighted by atomic mass is 10.1. The van der Waals surface area contributed by atoms with Gasteiger partial charge in [-0.3, -0.25) is 9.59 Å². The van der Waals surface area contributed by atoms with E-state index in [9.17, 15) is 18.0 Å². The Morgan fingerprint density at radius 3 is 2.58 bits per heavy atom. The van der Waals surface area contributed by atoms with Crippen LogP contribution in [0.1, 0.15) is 61.5 Å². The highest BCUT2D eigenvalue weighted by Gasteiger charge is 2.34. The summed E-state index contributed by atoms with van der Waals surface area (Å²) in [6, 6.07) is -2.10. The Hall–Kier alpha value is -1.81. The van der Waals surface area contributed by atoms with Gasteiger partial charge in [-0.15, -0.1) is 0 Å². The lowest BCUT2D eigenvalue weighted by Crippen LogP contribution is -2.50. The summed E-state index contributed by atoms with van der Waals surface area (Å²) >= 11 is 0. The van der Waals surface area contributed by atoms with Crippen molar-refractivity contribution in [2.24, 2.45) is 11.7 Å². The zero-order chi connectivity index (χ0) is 18.9. The molecule has 144 valence electrons. The smallest absolute Gasteiger partial charge is 0.296 e. The number of sulfone groups is 1. The highest BCUT2D eigenvalue weighted by Crippen LogP contribution is 2.38. The van der Waals surface area contributed by atoms with Crippen molar-refractivity contribution < 1.29 is 22.5 Å². The van der Waals surface area contributed by atoms with Crippen LogP contribution >= 0.6 is 0 Å². The molecule has 9 nitrogen and oxygen atoms in total. The minimum atomic E-state index is -3.39. The number of nitrogens with one attached hydrogen (secondary N) is 1. The molecule has 2 saturated carbocycles. The van der Waals surface area contributed by atoms with Crippen LogP contribution in [0.4, 0.5) is 0 Å². The molecule has 0 bridgehead atoms. The number of amides is 1. The van der Waals surface area contributed by atoms with Crippen molar-refractivity contribution in [3.63, 3.8) is 0 Å². The van der Waals surface area contributed by atoms with Gasteiger partial charge in [0.1, 0.15) is 0 Å². The summed E-state index contributed by atoms with van der Waals surface area (Å²) in [5.41, 5.74) is 5.74. The number of nitrogens with two attached hydrogens (primary N) is 1. The standard InChI is InChI=1S/C16H24N4O5S/c1-2-12(13(21)16-19-14(20-25-16)10-5-6-10)18-15(22)11(17)8-26(23,24)7-9-3-4-9/h9-12H,2-8,17H2,1H3,(H,18,22). The van der Waals surface area contributed by atoms with Crippen LogP contribution in [0.5, 0.6) is 0 Å². The van der Waals surface area contributed by atoms with Crippen LogP contribution < -0.4 is 11.1 Å². The van der Waals surface area contributed by atoms with E-state index in [1.54, 1.807) is 6.92 Å². The van der Waals surface area contributed by atoms with Gasteiger partial charge in [-0.05, 0) is 38.0 Å². The summed E-state index contributed by atoms with van der Waals surface area (Å²) in [6.45, 7) is 1.72. The van der Waals surface area contributed by atoms with Crippen molar-refractivity contribution in [3.8, 4) is 0 Å². The first-order chi connectivity index (χ1) is 12.3. The van der Waals surface area contributed by atoms with Crippen molar-refractivity contribution in [3.05, 3.63) is 11.7 Å². The van der Waals surface area contributed by atoms with Crippen LogP contribution in [-0.4, -0.2) is 53.8 Å². The van der Waals surface area contributed by atoms with Crippen LogP contribution in [0.3, 0.4) is 0 Å². The summed E-state index contributed by atoms with van der Waals surface area (Å²) < 4.78 is 29.0. The monoisotopic (exact) mass is 384 g/mol. The largest absolute Gasteiger partial charge is 0.344 e. The molecular formula is C16H24N4O5S. The van der Waals surface area contributed by atoms with Gasteiger partial charge in [0.25, 0.3) is 5.89 Å². The fraction of sp³-hybridized carbons (Fsp3) is 0.750. The van der Waals surface area contributed by atoms with Gasteiger partial charge in [0, 0.05) is 5.92 Å².